The molecule has 1 amide bonds. The number of nitrogens with zero attached hydrogens (tertiary/aromatic N) is 7. The molecule has 6 fully saturated rings. The number of alkyl halides is 12. The lowest BCUT2D eigenvalue weighted by Gasteiger charge is -2.39. The second kappa shape index (κ2) is 23.2. The minimum atomic E-state index is -5.72. The fraction of sp³-hybridized carbons (Fsp3) is 0.844. The van der Waals surface area contributed by atoms with Crippen molar-refractivity contribution in [3.63, 3.8) is 0 Å². The predicted molar refractivity (Wildman–Crippen MR) is 229 cm³/mol. The summed E-state index contributed by atoms with van der Waals surface area (Å²) in [6.07, 6.45) is -20.8. The molecule has 0 aliphatic carbocycles. The van der Waals surface area contributed by atoms with Gasteiger partial charge >= 0.3 is 30.8 Å². The Morgan fingerprint density at radius 3 is 1.40 bits per heavy atom. The van der Waals surface area contributed by atoms with Crippen molar-refractivity contribution in [2.75, 3.05) is 78.8 Å². The maximum atomic E-state index is 12.7. The van der Waals surface area contributed by atoms with E-state index >= 15 is 0 Å². The van der Waals surface area contributed by atoms with Gasteiger partial charge in [-0.2, -0.15) is 62.9 Å². The minimum Gasteiger partial charge on any atom is -0.426 e. The highest BCUT2D eigenvalue weighted by atomic mass is 19.4. The summed E-state index contributed by atoms with van der Waals surface area (Å²) in [5.41, 5.74) is 5.30. The highest BCUT2D eigenvalue weighted by Gasteiger charge is 2.60. The van der Waals surface area contributed by atoms with Crippen LogP contribution in [0.1, 0.15) is 113 Å². The molecule has 8 heterocycles. The van der Waals surface area contributed by atoms with E-state index in [1.54, 1.807) is 0 Å². The molecule has 0 saturated carbocycles. The molecule has 6 aliphatic rings. The maximum Gasteiger partial charge on any atom is 0.434 e. The summed E-state index contributed by atoms with van der Waals surface area (Å²) in [4.78, 5) is 18.1. The van der Waals surface area contributed by atoms with Gasteiger partial charge in [0, 0.05) is 65.7 Å². The summed E-state index contributed by atoms with van der Waals surface area (Å²) in [6, 6.07) is 5.32. The number of piperidine rings is 2. The van der Waals surface area contributed by atoms with Gasteiger partial charge in [0.25, 0.3) is 6.10 Å². The number of nitrogens with one attached hydrogen (secondary N) is 1. The van der Waals surface area contributed by atoms with E-state index in [-0.39, 0.29) is 18.5 Å². The first-order valence-corrected chi connectivity index (χ1v) is 24.2. The van der Waals surface area contributed by atoms with Crippen LogP contribution in [-0.2, 0) is 40.1 Å². The van der Waals surface area contributed by atoms with Crippen LogP contribution >= 0.6 is 0 Å². The zero-order valence-corrected chi connectivity index (χ0v) is 39.6. The van der Waals surface area contributed by atoms with Gasteiger partial charge in [0.2, 0.25) is 6.10 Å². The number of aryl methyl sites for hydroxylation is 2. The minimum absolute atomic E-state index is 0.0646. The lowest BCUT2D eigenvalue weighted by Crippen LogP contribution is -2.50. The summed E-state index contributed by atoms with van der Waals surface area (Å²) in [6.45, 7) is 15.9. The average Bonchev–Trinajstić information content (AvgIpc) is 4.11. The van der Waals surface area contributed by atoms with Crippen LogP contribution in [0.4, 0.5) is 57.5 Å². The number of carbonyl (C=O) groups excluding carboxylic acids is 1. The summed E-state index contributed by atoms with van der Waals surface area (Å²) in [5.74, 6) is 0. The number of likely N-dealkylation sites (tertiary alicyclic amines) is 3. The van der Waals surface area contributed by atoms with E-state index < -0.39 is 43.0 Å². The van der Waals surface area contributed by atoms with Crippen molar-refractivity contribution >= 4 is 6.09 Å². The molecule has 0 atom stereocenters. The molecule has 2 aromatic rings. The van der Waals surface area contributed by atoms with Gasteiger partial charge in [-0.1, -0.05) is 13.8 Å². The second-order valence-electron chi connectivity index (χ2n) is 19.5. The molecule has 0 radical (unpaired) electrons. The van der Waals surface area contributed by atoms with Gasteiger partial charge in [-0.25, -0.2) is 4.79 Å². The molecule has 2 aromatic heterocycles. The molecule has 25 heteroatoms. The maximum absolute atomic E-state index is 12.7. The lowest BCUT2D eigenvalue weighted by molar-refractivity contribution is -0.309. The fourth-order valence-corrected chi connectivity index (χ4v) is 10.5. The number of aliphatic hydroxyl groups excluding tert-OH is 1. The van der Waals surface area contributed by atoms with Gasteiger partial charge in [-0.3, -0.25) is 19.2 Å². The molecule has 13 nitrogen and oxygen atoms in total. The van der Waals surface area contributed by atoms with Gasteiger partial charge in [-0.15, -0.1) is 0 Å². The van der Waals surface area contributed by atoms with Gasteiger partial charge in [-0.05, 0) is 126 Å². The Labute approximate surface area is 399 Å². The highest BCUT2D eigenvalue weighted by molar-refractivity contribution is 5.68. The number of amides is 1. The molecule has 0 unspecified atom stereocenters. The van der Waals surface area contributed by atoms with E-state index in [9.17, 15) is 57.5 Å². The number of aromatic nitrogens is 4. The van der Waals surface area contributed by atoms with Crippen LogP contribution in [0.15, 0.2) is 12.1 Å². The number of ether oxygens (including phenoxy) is 3. The Hall–Kier alpha value is -3.39. The molecule has 400 valence electrons. The molecule has 8 rings (SSSR count). The van der Waals surface area contributed by atoms with Gasteiger partial charge < -0.3 is 29.5 Å². The van der Waals surface area contributed by atoms with Crippen LogP contribution in [0, 0.1) is 10.8 Å². The van der Waals surface area contributed by atoms with Crippen LogP contribution in [0.3, 0.4) is 0 Å². The lowest BCUT2D eigenvalue weighted by atomic mass is 9.78. The number of hydrogen-bond donors (Lipinski definition) is 2. The van der Waals surface area contributed by atoms with Crippen molar-refractivity contribution in [2.24, 2.45) is 10.8 Å². The van der Waals surface area contributed by atoms with Crippen molar-refractivity contribution in [2.45, 2.75) is 153 Å². The zero-order chi connectivity index (χ0) is 51.1. The Balaban J connectivity index is 0.000000202. The third-order valence-corrected chi connectivity index (χ3v) is 14.5. The van der Waals surface area contributed by atoms with Gasteiger partial charge in [0.1, 0.15) is 0 Å². The van der Waals surface area contributed by atoms with Crippen LogP contribution in [0.2, 0.25) is 0 Å². The van der Waals surface area contributed by atoms with Crippen LogP contribution in [0.25, 0.3) is 0 Å². The molecule has 70 heavy (non-hydrogen) atoms. The van der Waals surface area contributed by atoms with Crippen molar-refractivity contribution in [1.29, 1.82) is 0 Å². The molecule has 6 saturated heterocycles. The van der Waals surface area contributed by atoms with Crippen LogP contribution in [-0.4, -0.2) is 161 Å². The molecule has 0 bridgehead atoms. The third kappa shape index (κ3) is 14.9. The molecular weight excluding hydrogens is 961 g/mol. The molecular formula is C45H66F12N8O5. The summed E-state index contributed by atoms with van der Waals surface area (Å²) >= 11 is 0. The topological polar surface area (TPSA) is 122 Å². The summed E-state index contributed by atoms with van der Waals surface area (Å²) < 4.78 is 162. The summed E-state index contributed by atoms with van der Waals surface area (Å²) in [7, 11) is 0. The van der Waals surface area contributed by atoms with E-state index in [0.29, 0.717) is 43.6 Å². The Morgan fingerprint density at radius 2 is 1.04 bits per heavy atom. The first-order valence-electron chi connectivity index (χ1n) is 24.2. The van der Waals surface area contributed by atoms with Crippen molar-refractivity contribution < 1.29 is 76.8 Å². The van der Waals surface area contributed by atoms with Crippen LogP contribution < -0.4 is 5.32 Å². The number of aliphatic hydroxyl groups is 1. The van der Waals surface area contributed by atoms with E-state index in [2.05, 4.69) is 55.2 Å². The average molecular weight is 1030 g/mol. The zero-order valence-electron chi connectivity index (χ0n) is 39.6. The Morgan fingerprint density at radius 1 is 0.657 bits per heavy atom. The van der Waals surface area contributed by atoms with E-state index in [4.69, 9.17) is 24.8 Å². The van der Waals surface area contributed by atoms with Gasteiger partial charge in [0.15, 0.2) is 0 Å². The van der Waals surface area contributed by atoms with Crippen molar-refractivity contribution in [1.82, 2.24) is 39.6 Å². The Bertz CT molecular complexity index is 1920. The van der Waals surface area contributed by atoms with Crippen molar-refractivity contribution in [3.05, 3.63) is 34.9 Å². The third-order valence-electron chi connectivity index (χ3n) is 14.5. The molecule has 2 N–H and O–H groups in total. The second-order valence-corrected chi connectivity index (χ2v) is 19.5. The SMILES string of the molecule is CCc1cc(CN2CCC3(CCN(C(=O)OC(C(F)(F)F)C(F)(F)F)CC3)C2)n(C2CCOCC2)n1.CCc1cc(CN2CCC3(CCNCC3)C2)n(C2CCOCC2)n1.OC(C(F)(F)F)C(F)(F)F. The smallest absolute Gasteiger partial charge is 0.426 e. The predicted octanol–water partition coefficient (Wildman–Crippen LogP) is 8.56. The van der Waals surface area contributed by atoms with Gasteiger partial charge in [0.05, 0.1) is 34.9 Å². The number of hydrogen-bond acceptors (Lipinski definition) is 10. The number of rotatable bonds is 9. The van der Waals surface area contributed by atoms with Crippen molar-refractivity contribution in [3.8, 4) is 0 Å². The fourth-order valence-electron chi connectivity index (χ4n) is 10.5. The monoisotopic (exact) mass is 1030 g/mol. The normalized spacial score (nSPS) is 22.2. The quantitative estimate of drug-likeness (QED) is 0.237. The highest BCUT2D eigenvalue weighted by Crippen LogP contribution is 2.43. The largest absolute Gasteiger partial charge is 0.434 e. The van der Waals surface area contributed by atoms with Crippen LogP contribution in [0.5, 0.6) is 0 Å². The standard InChI is InChI=1S/C23H32F6N4O3.C19H32N4O.C3H2F6O/c1-2-16-13-18(33(30-16)17-3-11-35-12-4-17)14-31-8-5-21(15-31)6-9-32(10-7-21)20(34)36-19(22(24,25)26)23(27,28)29;1-2-16-13-18(23(21-16)17-3-11-24-12-4-17)14-22-10-7-19(15-22)5-8-20-9-6-19;4-2(5,6)1(10)3(7,8)9/h13,17,19H,2-12,14-15H2,1H3;13,17,20H,2-12,14-15H2,1H3;1,10H. The first kappa shape index (κ1) is 55.9. The number of halogens is 12. The Kier molecular flexibility index (Phi) is 18.5. The molecule has 6 aliphatic heterocycles. The molecule has 2 spiro atoms. The number of carbonyl (C=O) groups is 1. The van der Waals surface area contributed by atoms with E-state index in [1.807, 2.05) is 0 Å². The van der Waals surface area contributed by atoms with E-state index in [0.717, 1.165) is 101 Å². The van der Waals surface area contributed by atoms with E-state index in [1.165, 1.54) is 56.8 Å². The summed E-state index contributed by atoms with van der Waals surface area (Å²) in [5, 5.41) is 20.7. The first-order chi connectivity index (χ1) is 32.8. The molecule has 0 aromatic carbocycles.